The summed E-state index contributed by atoms with van der Waals surface area (Å²) in [4.78, 5) is 20.1. The van der Waals surface area contributed by atoms with Crippen molar-refractivity contribution >= 4 is 11.5 Å². The van der Waals surface area contributed by atoms with E-state index in [0.717, 1.165) is 41.8 Å². The van der Waals surface area contributed by atoms with Crippen molar-refractivity contribution in [2.75, 3.05) is 0 Å². The molecule has 1 aromatic heterocycles. The fourth-order valence-electron chi connectivity index (χ4n) is 3.87. The van der Waals surface area contributed by atoms with E-state index in [1.807, 2.05) is 32.1 Å². The molecule has 2 rings (SSSR count). The molecule has 4 nitrogen and oxygen atoms in total. The number of imidazole rings is 1. The lowest BCUT2D eigenvalue weighted by Crippen LogP contribution is -2.20. The summed E-state index contributed by atoms with van der Waals surface area (Å²) in [5.74, 6) is -5.05. The van der Waals surface area contributed by atoms with Crippen LogP contribution < -0.4 is 0 Å². The molecule has 0 bridgehead atoms. The van der Waals surface area contributed by atoms with Crippen LogP contribution in [0.5, 0.6) is 0 Å². The first-order valence-corrected chi connectivity index (χ1v) is 11.7. The number of carbonyl (C=O) groups is 1. The predicted molar refractivity (Wildman–Crippen MR) is 126 cm³/mol. The Bertz CT molecular complexity index is 895. The summed E-state index contributed by atoms with van der Waals surface area (Å²) in [6.45, 7) is 9.89. The van der Waals surface area contributed by atoms with Crippen molar-refractivity contribution in [2.45, 2.75) is 85.0 Å². The van der Waals surface area contributed by atoms with E-state index >= 15 is 0 Å². The summed E-state index contributed by atoms with van der Waals surface area (Å²) in [5, 5.41) is 8.82. The molecule has 1 aliphatic carbocycles. The highest BCUT2D eigenvalue weighted by Crippen LogP contribution is 2.50. The molecular formula is C26H37F2N3O. The van der Waals surface area contributed by atoms with Crippen LogP contribution in [0.1, 0.15) is 84.0 Å². The number of hydrogen-bond acceptors (Lipinski definition) is 3. The number of nitrogens with one attached hydrogen (secondary N) is 2. The summed E-state index contributed by atoms with van der Waals surface area (Å²) in [6, 6.07) is 0. The molecule has 0 aromatic carbocycles. The third-order valence-corrected chi connectivity index (χ3v) is 6.21. The number of Topliss-reactive ketones (excluding diaryl/α,β-unsaturated/α-hetero) is 1. The molecule has 32 heavy (non-hydrogen) atoms. The van der Waals surface area contributed by atoms with E-state index < -0.39 is 17.8 Å². The second kappa shape index (κ2) is 11.5. The Morgan fingerprint density at radius 3 is 2.59 bits per heavy atom. The Hall–Kier alpha value is -2.37. The van der Waals surface area contributed by atoms with Gasteiger partial charge in [0.25, 0.3) is 5.92 Å². The fourth-order valence-corrected chi connectivity index (χ4v) is 3.87. The number of aromatic nitrogens is 2. The third-order valence-electron chi connectivity index (χ3n) is 6.21. The molecular weight excluding hydrogens is 408 g/mol. The minimum atomic E-state index is -2.83. The largest absolute Gasteiger partial charge is 0.348 e. The first-order chi connectivity index (χ1) is 15.1. The Labute approximate surface area is 190 Å². The minimum Gasteiger partial charge on any atom is -0.348 e. The predicted octanol–water partition coefficient (Wildman–Crippen LogP) is 6.96. The zero-order chi connectivity index (χ0) is 23.9. The van der Waals surface area contributed by atoms with E-state index in [9.17, 15) is 13.6 Å². The lowest BCUT2D eigenvalue weighted by Gasteiger charge is -2.19. The molecule has 1 aromatic rings. The van der Waals surface area contributed by atoms with Crippen LogP contribution in [0.3, 0.4) is 0 Å². The van der Waals surface area contributed by atoms with Crippen molar-refractivity contribution < 1.29 is 13.6 Å². The molecule has 0 saturated heterocycles. The molecule has 0 aliphatic heterocycles. The van der Waals surface area contributed by atoms with Crippen molar-refractivity contribution in [1.29, 1.82) is 5.41 Å². The van der Waals surface area contributed by atoms with Gasteiger partial charge >= 0.3 is 0 Å². The molecule has 3 unspecified atom stereocenters. The maximum absolute atomic E-state index is 13.3. The molecule has 1 aliphatic rings. The first kappa shape index (κ1) is 25.9. The van der Waals surface area contributed by atoms with Gasteiger partial charge in [0.15, 0.2) is 0 Å². The summed E-state index contributed by atoms with van der Waals surface area (Å²) >= 11 is 0. The molecule has 2 N–H and O–H groups in total. The minimum absolute atomic E-state index is 0.285. The second-order valence-corrected chi connectivity index (χ2v) is 8.94. The third kappa shape index (κ3) is 6.81. The zero-order valence-corrected chi connectivity index (χ0v) is 20.0. The van der Waals surface area contributed by atoms with E-state index in [4.69, 9.17) is 5.41 Å². The van der Waals surface area contributed by atoms with Crippen molar-refractivity contribution in [3.8, 4) is 0 Å². The number of carbonyl (C=O) groups excluding carboxylic acids is 1. The van der Waals surface area contributed by atoms with E-state index in [-0.39, 0.29) is 18.1 Å². The number of aryl methyl sites for hydroxylation is 1. The smallest absolute Gasteiger partial charge is 0.258 e. The van der Waals surface area contributed by atoms with Crippen LogP contribution in [0.4, 0.5) is 8.78 Å². The summed E-state index contributed by atoms with van der Waals surface area (Å²) in [7, 11) is 0. The number of hydrogen-bond donors (Lipinski definition) is 2. The number of halogens is 2. The Morgan fingerprint density at radius 1 is 1.31 bits per heavy atom. The van der Waals surface area contributed by atoms with Crippen LogP contribution in [0, 0.1) is 17.2 Å². The fraction of sp³-hybridized carbons (Fsp3) is 0.577. The van der Waals surface area contributed by atoms with E-state index in [1.54, 1.807) is 13.3 Å². The van der Waals surface area contributed by atoms with Gasteiger partial charge in [-0.25, -0.2) is 13.8 Å². The average molecular weight is 446 g/mol. The SMILES string of the molecule is CC\C=C/C=C(C)\C(C)=C\C(=N)C(CCC(C)C(=O)C1CC1(F)F)c1nc[nH]c1CCC. The van der Waals surface area contributed by atoms with Crippen molar-refractivity contribution in [3.05, 3.63) is 53.2 Å². The standard InChI is InChI=1S/C26H37F2N3O/c1-6-8-9-11-17(3)19(5)14-22(29)20(24-23(10-7-2)30-16-31-24)13-12-18(4)25(32)21-15-26(21,27)28/h8-9,11,14,16,18,20-21,29H,6-7,10,12-13,15H2,1-5H3,(H,30,31)/b9-8-,17-11-,19-14+,29-22?. The molecule has 1 fully saturated rings. The maximum Gasteiger partial charge on any atom is 0.258 e. The Balaban J connectivity index is 2.21. The molecule has 6 heteroatoms. The molecule has 1 saturated carbocycles. The van der Waals surface area contributed by atoms with Crippen LogP contribution in [0.2, 0.25) is 0 Å². The van der Waals surface area contributed by atoms with Gasteiger partial charge in [-0.2, -0.15) is 0 Å². The topological polar surface area (TPSA) is 69.6 Å². The van der Waals surface area contributed by atoms with Gasteiger partial charge in [0.05, 0.1) is 17.9 Å². The van der Waals surface area contributed by atoms with Crippen LogP contribution in [-0.4, -0.2) is 27.4 Å². The van der Waals surface area contributed by atoms with Gasteiger partial charge in [0, 0.05) is 29.7 Å². The monoisotopic (exact) mass is 445 g/mol. The van der Waals surface area contributed by atoms with E-state index in [2.05, 4.69) is 29.9 Å². The number of rotatable bonds is 13. The highest BCUT2D eigenvalue weighted by molar-refractivity contribution is 5.98. The lowest BCUT2D eigenvalue weighted by atomic mass is 9.86. The van der Waals surface area contributed by atoms with Gasteiger partial charge < -0.3 is 10.4 Å². The quantitative estimate of drug-likeness (QED) is 0.254. The van der Waals surface area contributed by atoms with Crippen LogP contribution in [-0.2, 0) is 11.2 Å². The number of alkyl halides is 2. The van der Waals surface area contributed by atoms with E-state index in [1.165, 1.54) is 0 Å². The van der Waals surface area contributed by atoms with Crippen molar-refractivity contribution in [3.63, 3.8) is 0 Å². The summed E-state index contributed by atoms with van der Waals surface area (Å²) in [6.07, 6.45) is 13.0. The van der Waals surface area contributed by atoms with Gasteiger partial charge in [0.1, 0.15) is 5.78 Å². The molecule has 1 heterocycles. The van der Waals surface area contributed by atoms with Gasteiger partial charge in [-0.05, 0) is 56.8 Å². The summed E-state index contributed by atoms with van der Waals surface area (Å²) in [5.41, 5.74) is 4.32. The van der Waals surface area contributed by atoms with Crippen molar-refractivity contribution in [2.24, 2.45) is 11.8 Å². The number of nitrogens with zero attached hydrogens (tertiary/aromatic N) is 1. The average Bonchev–Trinajstić information content (AvgIpc) is 3.14. The molecule has 3 atom stereocenters. The van der Waals surface area contributed by atoms with Gasteiger partial charge in [-0.3, -0.25) is 4.79 Å². The maximum atomic E-state index is 13.3. The van der Waals surface area contributed by atoms with Gasteiger partial charge in [-0.15, -0.1) is 0 Å². The first-order valence-electron chi connectivity index (χ1n) is 11.7. The highest BCUT2D eigenvalue weighted by Gasteiger charge is 2.61. The molecule has 176 valence electrons. The lowest BCUT2D eigenvalue weighted by molar-refractivity contribution is -0.126. The van der Waals surface area contributed by atoms with Crippen LogP contribution in [0.25, 0.3) is 0 Å². The van der Waals surface area contributed by atoms with Gasteiger partial charge in [-0.1, -0.05) is 45.4 Å². The Kier molecular flexibility index (Phi) is 9.29. The van der Waals surface area contributed by atoms with Crippen molar-refractivity contribution in [1.82, 2.24) is 9.97 Å². The Morgan fingerprint density at radius 2 is 2.00 bits per heavy atom. The normalized spacial score (nSPS) is 20.4. The second-order valence-electron chi connectivity index (χ2n) is 8.94. The molecule has 0 spiro atoms. The number of H-pyrrole nitrogens is 1. The van der Waals surface area contributed by atoms with Crippen LogP contribution >= 0.6 is 0 Å². The number of allylic oxidation sites excluding steroid dienone is 6. The zero-order valence-electron chi connectivity index (χ0n) is 20.0. The highest BCUT2D eigenvalue weighted by atomic mass is 19.3. The molecule has 0 amide bonds. The number of aromatic amines is 1. The van der Waals surface area contributed by atoms with E-state index in [0.29, 0.717) is 18.6 Å². The number of ketones is 1. The molecule has 0 radical (unpaired) electrons. The van der Waals surface area contributed by atoms with Gasteiger partial charge in [0.2, 0.25) is 0 Å². The van der Waals surface area contributed by atoms with Crippen LogP contribution in [0.15, 0.2) is 41.8 Å². The summed E-state index contributed by atoms with van der Waals surface area (Å²) < 4.78 is 26.7.